The van der Waals surface area contributed by atoms with E-state index in [4.69, 9.17) is 18.9 Å². The summed E-state index contributed by atoms with van der Waals surface area (Å²) in [4.78, 5) is 42.3. The summed E-state index contributed by atoms with van der Waals surface area (Å²) in [5, 5.41) is 85.0. The number of benzene rings is 1. The van der Waals surface area contributed by atoms with Crippen LogP contribution in [0.25, 0.3) is 0 Å². The molecular formula is C53H90BrN7O13. The number of hydrogen-bond acceptors (Lipinski definition) is 17. The van der Waals surface area contributed by atoms with Crippen molar-refractivity contribution in [2.24, 2.45) is 23.7 Å². The molecule has 6 rings (SSSR count). The molecule has 5 fully saturated rings. The number of aliphatic hydroxyl groups excluding tert-OH is 5. The second-order valence-electron chi connectivity index (χ2n) is 21.5. The zero-order chi connectivity index (χ0) is 53.1. The molecule has 0 bridgehead atoms. The number of nitrogens with one attached hydrogen (secondary N) is 6. The molecule has 20 nitrogen and oxygen atoms in total. The van der Waals surface area contributed by atoms with Crippen LogP contribution in [0.2, 0.25) is 0 Å². The van der Waals surface area contributed by atoms with Crippen LogP contribution in [0.15, 0.2) is 22.7 Å². The number of aliphatic carboxylic acids is 1. The van der Waals surface area contributed by atoms with Crippen LogP contribution >= 0.6 is 15.9 Å². The smallest absolute Gasteiger partial charge is 0.332 e. The van der Waals surface area contributed by atoms with Crippen molar-refractivity contribution in [3.63, 3.8) is 0 Å². The van der Waals surface area contributed by atoms with Gasteiger partial charge in [-0.15, -0.1) is 0 Å². The second kappa shape index (κ2) is 31.2. The van der Waals surface area contributed by atoms with Gasteiger partial charge in [0.2, 0.25) is 11.8 Å². The maximum Gasteiger partial charge on any atom is 0.332 e. The lowest BCUT2D eigenvalue weighted by Crippen LogP contribution is -2.67. The van der Waals surface area contributed by atoms with E-state index < -0.39 is 104 Å². The fraction of sp³-hybridized carbons (Fsp3) is 0.830. The topological polar surface area (TPSA) is 285 Å². The molecule has 1 aromatic rings. The van der Waals surface area contributed by atoms with Gasteiger partial charge in [0, 0.05) is 69.7 Å². The number of carbonyl (C=O) groups is 3. The minimum Gasteiger partial charge on any atom is -0.479 e. The predicted octanol–water partition coefficient (Wildman–Crippen LogP) is 1.11. The molecule has 3 aliphatic heterocycles. The Labute approximate surface area is 446 Å². The third kappa shape index (κ3) is 18.1. The SMILES string of the molecule is CCC1CC(C(=O)NCCNCc2ccc(CN3CCCNCCNCCCNCC3)cc2Br)CC(OC2OC(CO)C(O)C(O[C@@H](CC3CCCCC3)C(=O)O)C2NC(C)=O)C1CC1OC(C)C(O)C(O)C1O. The Morgan fingerprint density at radius 1 is 0.865 bits per heavy atom. The minimum absolute atomic E-state index is 0.104. The number of nitrogens with zero attached hydrogens (tertiary/aromatic N) is 1. The minimum atomic E-state index is -1.55. The van der Waals surface area contributed by atoms with Crippen molar-refractivity contribution in [3.05, 3.63) is 33.8 Å². The summed E-state index contributed by atoms with van der Waals surface area (Å²) < 4.78 is 26.5. The molecule has 5 aliphatic rings. The monoisotopic (exact) mass is 1110 g/mol. The van der Waals surface area contributed by atoms with Gasteiger partial charge in [-0.1, -0.05) is 73.5 Å². The van der Waals surface area contributed by atoms with E-state index in [0.29, 0.717) is 32.5 Å². The maximum absolute atomic E-state index is 14.2. The Hall–Kier alpha value is -2.45. The van der Waals surface area contributed by atoms with E-state index >= 15 is 0 Å². The summed E-state index contributed by atoms with van der Waals surface area (Å²) >= 11 is 3.81. The van der Waals surface area contributed by atoms with Crippen LogP contribution in [0.1, 0.15) is 109 Å². The van der Waals surface area contributed by atoms with Crippen molar-refractivity contribution in [2.75, 3.05) is 72.1 Å². The molecule has 2 saturated carbocycles. The number of hydrogen-bond donors (Lipinski definition) is 12. The van der Waals surface area contributed by atoms with E-state index in [0.717, 1.165) is 114 Å². The average Bonchev–Trinajstić information content (AvgIpc) is 3.38. The number of carboxylic acids is 1. The molecular weight excluding hydrogens is 1020 g/mol. The lowest BCUT2D eigenvalue weighted by Gasteiger charge is -2.49. The summed E-state index contributed by atoms with van der Waals surface area (Å²) in [6.07, 6.45) is -5.03. The first kappa shape index (κ1) is 60.8. The first-order valence-corrected chi connectivity index (χ1v) is 28.5. The van der Waals surface area contributed by atoms with E-state index in [1.54, 1.807) is 6.92 Å². The third-order valence-electron chi connectivity index (χ3n) is 16.0. The van der Waals surface area contributed by atoms with E-state index in [1.807, 2.05) is 6.92 Å². The van der Waals surface area contributed by atoms with Crippen molar-refractivity contribution >= 4 is 33.7 Å². The molecule has 15 atom stereocenters. The summed E-state index contributed by atoms with van der Waals surface area (Å²) in [6, 6.07) is 5.27. The highest BCUT2D eigenvalue weighted by molar-refractivity contribution is 9.10. The number of carbonyl (C=O) groups excluding carboxylic acids is 2. The van der Waals surface area contributed by atoms with Gasteiger partial charge in [-0.25, -0.2) is 4.79 Å². The van der Waals surface area contributed by atoms with Gasteiger partial charge in [0.15, 0.2) is 12.4 Å². The van der Waals surface area contributed by atoms with Gasteiger partial charge in [0.25, 0.3) is 0 Å². The quantitative estimate of drug-likeness (QED) is 0.0815. The van der Waals surface area contributed by atoms with Crippen molar-refractivity contribution in [1.82, 2.24) is 36.8 Å². The van der Waals surface area contributed by atoms with Gasteiger partial charge in [-0.05, 0) is 107 Å². The second-order valence-corrected chi connectivity index (χ2v) is 22.4. The summed E-state index contributed by atoms with van der Waals surface area (Å²) in [6.45, 7) is 14.4. The van der Waals surface area contributed by atoms with Crippen LogP contribution < -0.4 is 31.9 Å². The molecule has 1 aromatic carbocycles. The molecule has 3 saturated heterocycles. The zero-order valence-corrected chi connectivity index (χ0v) is 45.6. The summed E-state index contributed by atoms with van der Waals surface area (Å²) in [7, 11) is 0. The van der Waals surface area contributed by atoms with Gasteiger partial charge < -0.3 is 81.5 Å². The molecule has 74 heavy (non-hydrogen) atoms. The van der Waals surface area contributed by atoms with Gasteiger partial charge in [0.1, 0.15) is 42.7 Å². The maximum atomic E-state index is 14.2. The van der Waals surface area contributed by atoms with Gasteiger partial charge in [-0.2, -0.15) is 0 Å². The van der Waals surface area contributed by atoms with Crippen LogP contribution in [0, 0.1) is 23.7 Å². The Morgan fingerprint density at radius 2 is 1.59 bits per heavy atom. The van der Waals surface area contributed by atoms with E-state index in [1.165, 1.54) is 12.5 Å². The van der Waals surface area contributed by atoms with Crippen LogP contribution in [0.5, 0.6) is 0 Å². The van der Waals surface area contributed by atoms with Crippen molar-refractivity contribution in [2.45, 2.75) is 184 Å². The van der Waals surface area contributed by atoms with Gasteiger partial charge in [0.05, 0.1) is 24.9 Å². The van der Waals surface area contributed by atoms with E-state index in [2.05, 4.69) is 70.9 Å². The highest BCUT2D eigenvalue weighted by Gasteiger charge is 2.52. The molecule has 12 N–H and O–H groups in total. The number of rotatable bonds is 20. The molecule has 0 radical (unpaired) electrons. The Kier molecular flexibility index (Phi) is 25.6. The highest BCUT2D eigenvalue weighted by Crippen LogP contribution is 2.44. The van der Waals surface area contributed by atoms with E-state index in [9.17, 15) is 45.0 Å². The van der Waals surface area contributed by atoms with Gasteiger partial charge >= 0.3 is 5.97 Å². The molecule has 14 unspecified atom stereocenters. The zero-order valence-electron chi connectivity index (χ0n) is 44.0. The van der Waals surface area contributed by atoms with Crippen molar-refractivity contribution < 1.29 is 64.0 Å². The van der Waals surface area contributed by atoms with Crippen LogP contribution in [0.4, 0.5) is 0 Å². The molecule has 0 spiro atoms. The number of aliphatic hydroxyl groups is 5. The van der Waals surface area contributed by atoms with Crippen LogP contribution in [-0.4, -0.2) is 199 Å². The molecule has 2 aliphatic carbocycles. The van der Waals surface area contributed by atoms with Crippen molar-refractivity contribution in [3.8, 4) is 0 Å². The molecule has 21 heteroatoms. The van der Waals surface area contributed by atoms with Gasteiger partial charge in [-0.3, -0.25) is 14.5 Å². The fourth-order valence-electron chi connectivity index (χ4n) is 11.8. The third-order valence-corrected chi connectivity index (χ3v) is 16.7. The lowest BCUT2D eigenvalue weighted by molar-refractivity contribution is -0.302. The highest BCUT2D eigenvalue weighted by atomic mass is 79.9. The van der Waals surface area contributed by atoms with E-state index in [-0.39, 0.29) is 37.0 Å². The lowest BCUT2D eigenvalue weighted by atomic mass is 9.68. The molecule has 0 aromatic heterocycles. The number of halogens is 1. The Morgan fingerprint density at radius 3 is 2.28 bits per heavy atom. The normalized spacial score (nSPS) is 34.0. The first-order chi connectivity index (χ1) is 35.7. The predicted molar refractivity (Wildman–Crippen MR) is 281 cm³/mol. The number of ether oxygens (including phenoxy) is 4. The average molecular weight is 1110 g/mol. The summed E-state index contributed by atoms with van der Waals surface area (Å²) in [5.41, 5.74) is 2.33. The van der Waals surface area contributed by atoms with Crippen molar-refractivity contribution in [1.29, 1.82) is 0 Å². The Balaban J connectivity index is 1.12. The standard InChI is InChI=1S/C53H90BrN7O13/c1-4-36-26-38(51(68)59-20-19-58-29-37-13-12-35(24-40(37)54)30-61-22-9-16-56-18-17-55-14-8-15-57-21-23-61)27-41(39(36)28-42-47(65)49(67)46(64)32(2)71-42)73-53-45(60-33(3)63)50(48(66)44(31-62)74-53)72-43(52(69)70)25-34-10-6-5-7-11-34/h12-13,24,32,34,36,38-39,41-50,53,55-58,62,64-67H,4-11,14-23,25-31H2,1-3H3,(H,59,68)(H,60,63)(H,69,70)/t32?,36?,38?,39?,41?,42?,43-,44?,45?,46?,47?,48?,49?,50?,53?/m0/s1. The molecule has 2 amide bonds. The summed E-state index contributed by atoms with van der Waals surface area (Å²) in [5.74, 6) is -2.94. The largest absolute Gasteiger partial charge is 0.479 e. The first-order valence-electron chi connectivity index (χ1n) is 27.7. The van der Waals surface area contributed by atoms with Crippen LogP contribution in [-0.2, 0) is 46.4 Å². The number of amides is 2. The molecule has 3 heterocycles. The van der Waals surface area contributed by atoms with Crippen LogP contribution in [0.3, 0.4) is 0 Å². The number of carboxylic acid groups (broad SMARTS) is 1. The Bertz CT molecular complexity index is 1840. The fourth-order valence-corrected chi connectivity index (χ4v) is 12.3. The molecule has 422 valence electrons.